The Kier molecular flexibility index (Phi) is 8.92. The van der Waals surface area contributed by atoms with Gasteiger partial charge in [0.2, 0.25) is 5.95 Å². The fraction of sp³-hybridized carbons (Fsp3) is 0.370. The molecule has 9 heteroatoms. The molecule has 2 N–H and O–H groups in total. The van der Waals surface area contributed by atoms with Crippen LogP contribution in [0.3, 0.4) is 0 Å². The van der Waals surface area contributed by atoms with Crippen molar-refractivity contribution in [3.05, 3.63) is 60.3 Å². The molecule has 9 nitrogen and oxygen atoms in total. The Bertz CT molecular complexity index is 1170. The van der Waals surface area contributed by atoms with Crippen molar-refractivity contribution < 1.29 is 9.47 Å². The van der Waals surface area contributed by atoms with E-state index < -0.39 is 0 Å². The van der Waals surface area contributed by atoms with Gasteiger partial charge < -0.3 is 29.9 Å². The fourth-order valence-electron chi connectivity index (χ4n) is 4.02. The lowest BCUT2D eigenvalue weighted by molar-refractivity contribution is 0.145. The van der Waals surface area contributed by atoms with Crippen molar-refractivity contribution in [3.8, 4) is 17.6 Å². The number of hydrogen-bond acceptors (Lipinski definition) is 9. The zero-order valence-corrected chi connectivity index (χ0v) is 20.9. The molecule has 1 aliphatic heterocycles. The van der Waals surface area contributed by atoms with Crippen molar-refractivity contribution >= 4 is 23.1 Å². The summed E-state index contributed by atoms with van der Waals surface area (Å²) in [5, 5.41) is 15.4. The third-order valence-corrected chi connectivity index (χ3v) is 6.03. The largest absolute Gasteiger partial charge is 0.493 e. The molecular weight excluding hydrogens is 454 g/mol. The maximum absolute atomic E-state index is 8.93. The first-order valence-corrected chi connectivity index (χ1v) is 12.2. The van der Waals surface area contributed by atoms with Crippen LogP contribution >= 0.6 is 0 Å². The summed E-state index contributed by atoms with van der Waals surface area (Å²) >= 11 is 0. The second-order valence-corrected chi connectivity index (χ2v) is 8.76. The summed E-state index contributed by atoms with van der Waals surface area (Å²) in [6, 6.07) is 17.4. The molecule has 188 valence electrons. The molecule has 0 atom stereocenters. The highest BCUT2D eigenvalue weighted by Gasteiger charge is 2.13. The van der Waals surface area contributed by atoms with Crippen molar-refractivity contribution in [2.45, 2.75) is 12.8 Å². The van der Waals surface area contributed by atoms with E-state index in [2.05, 4.69) is 43.5 Å². The smallest absolute Gasteiger partial charge is 0.229 e. The molecule has 0 radical (unpaired) electrons. The molecule has 0 amide bonds. The molecule has 1 saturated heterocycles. The van der Waals surface area contributed by atoms with Crippen molar-refractivity contribution in [2.24, 2.45) is 0 Å². The first-order valence-electron chi connectivity index (χ1n) is 12.2. The molecule has 1 aliphatic rings. The van der Waals surface area contributed by atoms with E-state index in [4.69, 9.17) is 14.7 Å². The molecular formula is C27H33N7O2. The van der Waals surface area contributed by atoms with E-state index in [1.165, 1.54) is 0 Å². The molecule has 0 saturated carbocycles. The van der Waals surface area contributed by atoms with Gasteiger partial charge in [0.1, 0.15) is 5.82 Å². The van der Waals surface area contributed by atoms with Gasteiger partial charge in [-0.15, -0.1) is 0 Å². The quantitative estimate of drug-likeness (QED) is 0.388. The Morgan fingerprint density at radius 2 is 1.83 bits per heavy atom. The van der Waals surface area contributed by atoms with Gasteiger partial charge in [0.05, 0.1) is 26.2 Å². The van der Waals surface area contributed by atoms with Gasteiger partial charge >= 0.3 is 0 Å². The molecule has 0 unspecified atom stereocenters. The molecule has 0 aliphatic carbocycles. The van der Waals surface area contributed by atoms with Crippen molar-refractivity contribution in [2.75, 3.05) is 64.1 Å². The standard InChI is InChI=1S/C27H33N7O2/c1-33-14-16-34(17-15-33)13-4-18-36-25-20-23(7-8-24(25)35-2)31-27-29-12-10-26(32-27)30-22-6-3-5-21(19-22)9-11-28/h3,5-8,10,12,19-20H,4,9,13-18H2,1-2H3,(H2,29,30,31,32). The van der Waals surface area contributed by atoms with Crippen LogP contribution in [0.15, 0.2) is 54.7 Å². The summed E-state index contributed by atoms with van der Waals surface area (Å²) in [5.74, 6) is 2.48. The van der Waals surface area contributed by atoms with Crippen LogP contribution in [-0.2, 0) is 6.42 Å². The van der Waals surface area contributed by atoms with E-state index >= 15 is 0 Å². The van der Waals surface area contributed by atoms with E-state index in [-0.39, 0.29) is 0 Å². The number of hydrogen-bond donors (Lipinski definition) is 2. The molecule has 2 heterocycles. The zero-order valence-electron chi connectivity index (χ0n) is 20.9. The first kappa shape index (κ1) is 25.2. The van der Waals surface area contributed by atoms with Crippen molar-refractivity contribution in [1.82, 2.24) is 19.8 Å². The zero-order chi connectivity index (χ0) is 25.2. The number of ether oxygens (including phenoxy) is 2. The lowest BCUT2D eigenvalue weighted by atomic mass is 10.1. The summed E-state index contributed by atoms with van der Waals surface area (Å²) in [5.41, 5.74) is 2.62. The van der Waals surface area contributed by atoms with Crippen molar-refractivity contribution in [3.63, 3.8) is 0 Å². The number of anilines is 4. The van der Waals surface area contributed by atoms with E-state index in [1.54, 1.807) is 19.4 Å². The Hall–Kier alpha value is -3.87. The van der Waals surface area contributed by atoms with E-state index in [1.807, 2.05) is 42.5 Å². The van der Waals surface area contributed by atoms with Crippen LogP contribution in [0.2, 0.25) is 0 Å². The minimum absolute atomic E-state index is 0.365. The minimum Gasteiger partial charge on any atom is -0.493 e. The highest BCUT2D eigenvalue weighted by atomic mass is 16.5. The Morgan fingerprint density at radius 3 is 2.64 bits per heavy atom. The van der Waals surface area contributed by atoms with E-state index in [9.17, 15) is 0 Å². The van der Waals surface area contributed by atoms with Crippen LogP contribution in [0.25, 0.3) is 0 Å². The number of likely N-dealkylation sites (N-methyl/N-ethyl adjacent to an activating group) is 1. The highest BCUT2D eigenvalue weighted by Crippen LogP contribution is 2.31. The Labute approximate surface area is 212 Å². The number of nitriles is 1. The third kappa shape index (κ3) is 7.31. The van der Waals surface area contributed by atoms with Crippen LogP contribution in [0, 0.1) is 11.3 Å². The van der Waals surface area contributed by atoms with E-state index in [0.29, 0.717) is 36.3 Å². The second kappa shape index (κ2) is 12.7. The molecule has 0 spiro atoms. The van der Waals surface area contributed by atoms with Gasteiger partial charge in [0, 0.05) is 56.4 Å². The molecule has 4 rings (SSSR count). The van der Waals surface area contributed by atoms with Gasteiger partial charge in [-0.1, -0.05) is 12.1 Å². The molecule has 3 aromatic rings. The number of rotatable bonds is 11. The average molecular weight is 488 g/mol. The monoisotopic (exact) mass is 487 g/mol. The van der Waals surface area contributed by atoms with Crippen LogP contribution < -0.4 is 20.1 Å². The molecule has 1 aromatic heterocycles. The number of nitrogens with zero attached hydrogens (tertiary/aromatic N) is 5. The third-order valence-electron chi connectivity index (χ3n) is 6.03. The summed E-state index contributed by atoms with van der Waals surface area (Å²) in [4.78, 5) is 13.8. The second-order valence-electron chi connectivity index (χ2n) is 8.76. The Morgan fingerprint density at radius 1 is 1.00 bits per heavy atom. The van der Waals surface area contributed by atoms with Crippen LogP contribution in [-0.4, -0.2) is 73.3 Å². The van der Waals surface area contributed by atoms with Gasteiger partial charge in [-0.25, -0.2) is 4.98 Å². The summed E-state index contributed by atoms with van der Waals surface area (Å²) in [7, 11) is 3.81. The first-order chi connectivity index (χ1) is 17.6. The summed E-state index contributed by atoms with van der Waals surface area (Å²) in [6.07, 6.45) is 3.01. The number of piperazine rings is 1. The van der Waals surface area contributed by atoms with Crippen molar-refractivity contribution in [1.29, 1.82) is 5.26 Å². The maximum atomic E-state index is 8.93. The molecule has 1 fully saturated rings. The number of benzene rings is 2. The Balaban J connectivity index is 1.35. The molecule has 2 aromatic carbocycles. The fourth-order valence-corrected chi connectivity index (χ4v) is 4.02. The van der Waals surface area contributed by atoms with Crippen LogP contribution in [0.1, 0.15) is 12.0 Å². The van der Waals surface area contributed by atoms with Gasteiger partial charge in [-0.05, 0) is 49.4 Å². The topological polar surface area (TPSA) is 98.6 Å². The lowest BCUT2D eigenvalue weighted by Gasteiger charge is -2.32. The maximum Gasteiger partial charge on any atom is 0.229 e. The van der Waals surface area contributed by atoms with Gasteiger partial charge in [0.15, 0.2) is 11.5 Å². The predicted molar refractivity (Wildman–Crippen MR) is 141 cm³/mol. The van der Waals surface area contributed by atoms with Gasteiger partial charge in [0.25, 0.3) is 0 Å². The number of methoxy groups -OCH3 is 1. The number of nitrogens with one attached hydrogen (secondary N) is 2. The average Bonchev–Trinajstić information content (AvgIpc) is 2.88. The summed E-state index contributed by atoms with van der Waals surface area (Å²) in [6.45, 7) is 6.11. The summed E-state index contributed by atoms with van der Waals surface area (Å²) < 4.78 is 11.6. The lowest BCUT2D eigenvalue weighted by Crippen LogP contribution is -2.44. The predicted octanol–water partition coefficient (Wildman–Crippen LogP) is 4.05. The van der Waals surface area contributed by atoms with Gasteiger partial charge in [-0.2, -0.15) is 10.2 Å². The normalized spacial score (nSPS) is 14.1. The van der Waals surface area contributed by atoms with Crippen LogP contribution in [0.5, 0.6) is 11.5 Å². The van der Waals surface area contributed by atoms with Crippen LogP contribution in [0.4, 0.5) is 23.1 Å². The molecule has 0 bridgehead atoms. The number of aromatic nitrogens is 2. The van der Waals surface area contributed by atoms with E-state index in [0.717, 1.165) is 56.1 Å². The van der Waals surface area contributed by atoms with Gasteiger partial charge in [-0.3, -0.25) is 0 Å². The SMILES string of the molecule is COc1ccc(Nc2nccc(Nc3cccc(CC#N)c3)n2)cc1OCCCN1CCN(C)CC1. The highest BCUT2D eigenvalue weighted by molar-refractivity contribution is 5.62. The molecule has 36 heavy (non-hydrogen) atoms. The minimum atomic E-state index is 0.365.